The average molecular weight is 398 g/mol. The van der Waals surface area contributed by atoms with Gasteiger partial charge in [-0.2, -0.15) is 0 Å². The summed E-state index contributed by atoms with van der Waals surface area (Å²) < 4.78 is 5.51. The highest BCUT2D eigenvalue weighted by Gasteiger charge is 2.26. The molecule has 154 valence electrons. The van der Waals surface area contributed by atoms with Crippen LogP contribution in [0.1, 0.15) is 23.6 Å². The number of benzene rings is 2. The molecule has 8 heteroatoms. The van der Waals surface area contributed by atoms with Crippen LogP contribution in [0, 0.1) is 17.0 Å². The first-order valence-corrected chi connectivity index (χ1v) is 9.62. The van der Waals surface area contributed by atoms with Gasteiger partial charge < -0.3 is 15.4 Å². The van der Waals surface area contributed by atoms with E-state index in [-0.39, 0.29) is 17.6 Å². The number of hydrogen-bond donors (Lipinski definition) is 2. The molecular weight excluding hydrogens is 372 g/mol. The summed E-state index contributed by atoms with van der Waals surface area (Å²) in [5.41, 5.74) is 2.03. The van der Waals surface area contributed by atoms with E-state index in [1.54, 1.807) is 26.2 Å². The molecule has 0 aliphatic carbocycles. The molecule has 2 aromatic carbocycles. The first kappa shape index (κ1) is 20.8. The van der Waals surface area contributed by atoms with Crippen molar-refractivity contribution >= 4 is 17.3 Å². The number of amides is 1. The van der Waals surface area contributed by atoms with Crippen molar-refractivity contribution in [1.29, 1.82) is 0 Å². The number of para-hydroxylation sites is 1. The van der Waals surface area contributed by atoms with Crippen LogP contribution in [-0.2, 0) is 4.79 Å². The number of methoxy groups -OCH3 is 1. The Bertz CT molecular complexity index is 887. The number of carbonyl (C=O) groups excluding carboxylic acids is 1. The molecule has 0 spiro atoms. The number of nitro benzene ring substituents is 1. The zero-order valence-corrected chi connectivity index (χ0v) is 16.7. The van der Waals surface area contributed by atoms with Crippen LogP contribution in [0.4, 0.5) is 11.4 Å². The molecule has 0 saturated carbocycles. The van der Waals surface area contributed by atoms with E-state index in [1.807, 2.05) is 18.2 Å². The number of ether oxygens (including phenoxy) is 1. The molecule has 8 nitrogen and oxygen atoms in total. The van der Waals surface area contributed by atoms with Gasteiger partial charge in [0.2, 0.25) is 5.91 Å². The van der Waals surface area contributed by atoms with Crippen molar-refractivity contribution in [2.24, 2.45) is 0 Å². The van der Waals surface area contributed by atoms with Crippen LogP contribution in [0.2, 0.25) is 0 Å². The summed E-state index contributed by atoms with van der Waals surface area (Å²) in [6, 6.07) is 12.7. The summed E-state index contributed by atoms with van der Waals surface area (Å²) in [7, 11) is 1.66. The highest BCUT2D eigenvalue weighted by Crippen LogP contribution is 2.30. The van der Waals surface area contributed by atoms with Gasteiger partial charge in [0.15, 0.2) is 0 Å². The Labute approximate surface area is 170 Å². The molecule has 1 saturated heterocycles. The van der Waals surface area contributed by atoms with Gasteiger partial charge in [0.1, 0.15) is 5.75 Å². The fourth-order valence-electron chi connectivity index (χ4n) is 3.68. The monoisotopic (exact) mass is 398 g/mol. The minimum atomic E-state index is -0.441. The quantitative estimate of drug-likeness (QED) is 0.550. The van der Waals surface area contributed by atoms with Gasteiger partial charge in [-0.05, 0) is 19.1 Å². The second-order valence-corrected chi connectivity index (χ2v) is 7.00. The molecule has 1 fully saturated rings. The summed E-state index contributed by atoms with van der Waals surface area (Å²) in [6.07, 6.45) is 0.299. The second-order valence-electron chi connectivity index (χ2n) is 7.00. The summed E-state index contributed by atoms with van der Waals surface area (Å²) in [5.74, 6) is 0.675. The normalized spacial score (nSPS) is 17.0. The van der Waals surface area contributed by atoms with Crippen LogP contribution in [0.3, 0.4) is 0 Å². The van der Waals surface area contributed by atoms with E-state index in [1.165, 1.54) is 6.07 Å². The molecule has 1 unspecified atom stereocenters. The molecule has 1 aliphatic rings. The fourth-order valence-corrected chi connectivity index (χ4v) is 3.68. The standard InChI is InChI=1S/C21H26N4O4/c1-15-17(7-5-8-18(15)25(27)28)23-21(26)10-12-24-13-11-22-14-19(24)16-6-3-4-9-20(16)29-2/h3-9,19,22H,10-14H2,1-2H3,(H,23,26). The molecule has 0 radical (unpaired) electrons. The van der Waals surface area contributed by atoms with Crippen LogP contribution in [0.25, 0.3) is 0 Å². The van der Waals surface area contributed by atoms with Crippen molar-refractivity contribution in [2.45, 2.75) is 19.4 Å². The zero-order valence-electron chi connectivity index (χ0n) is 16.7. The van der Waals surface area contributed by atoms with E-state index in [4.69, 9.17) is 4.74 Å². The molecule has 2 N–H and O–H groups in total. The highest BCUT2D eigenvalue weighted by molar-refractivity contribution is 5.92. The lowest BCUT2D eigenvalue weighted by molar-refractivity contribution is -0.385. The lowest BCUT2D eigenvalue weighted by atomic mass is 10.0. The minimum absolute atomic E-state index is 0.00106. The summed E-state index contributed by atoms with van der Waals surface area (Å²) in [5, 5.41) is 17.3. The molecule has 1 atom stereocenters. The molecule has 3 rings (SSSR count). The average Bonchev–Trinajstić information content (AvgIpc) is 2.73. The Morgan fingerprint density at radius 1 is 1.31 bits per heavy atom. The maximum Gasteiger partial charge on any atom is 0.274 e. The van der Waals surface area contributed by atoms with Crippen molar-refractivity contribution < 1.29 is 14.5 Å². The van der Waals surface area contributed by atoms with Gasteiger partial charge in [0, 0.05) is 44.2 Å². The smallest absolute Gasteiger partial charge is 0.274 e. The Kier molecular flexibility index (Phi) is 6.79. The first-order valence-electron chi connectivity index (χ1n) is 9.62. The molecule has 1 amide bonds. The minimum Gasteiger partial charge on any atom is -0.496 e. The van der Waals surface area contributed by atoms with Crippen LogP contribution in [0.15, 0.2) is 42.5 Å². The SMILES string of the molecule is COc1ccccc1C1CNCCN1CCC(=O)Nc1cccc([N+](=O)[O-])c1C. The molecule has 0 aromatic heterocycles. The third-order valence-electron chi connectivity index (χ3n) is 5.25. The highest BCUT2D eigenvalue weighted by atomic mass is 16.6. The fraction of sp³-hybridized carbons (Fsp3) is 0.381. The second kappa shape index (κ2) is 9.49. The van der Waals surface area contributed by atoms with Crippen molar-refractivity contribution in [3.8, 4) is 5.75 Å². The molecule has 0 bridgehead atoms. The van der Waals surface area contributed by atoms with E-state index in [0.29, 0.717) is 24.2 Å². The number of carbonyl (C=O) groups is 1. The summed E-state index contributed by atoms with van der Waals surface area (Å²) in [4.78, 5) is 25.4. The Balaban J connectivity index is 1.66. The number of hydrogen-bond acceptors (Lipinski definition) is 6. The maximum atomic E-state index is 12.5. The van der Waals surface area contributed by atoms with E-state index in [9.17, 15) is 14.9 Å². The van der Waals surface area contributed by atoms with Crippen LogP contribution >= 0.6 is 0 Å². The Morgan fingerprint density at radius 2 is 2.10 bits per heavy atom. The van der Waals surface area contributed by atoms with E-state index >= 15 is 0 Å². The van der Waals surface area contributed by atoms with Crippen LogP contribution < -0.4 is 15.4 Å². The van der Waals surface area contributed by atoms with E-state index in [2.05, 4.69) is 21.6 Å². The van der Waals surface area contributed by atoms with Crippen molar-refractivity contribution in [3.05, 3.63) is 63.7 Å². The molecular formula is C21H26N4O4. The number of nitrogens with one attached hydrogen (secondary N) is 2. The van der Waals surface area contributed by atoms with Gasteiger partial charge in [-0.1, -0.05) is 24.3 Å². The van der Waals surface area contributed by atoms with Crippen molar-refractivity contribution in [1.82, 2.24) is 10.2 Å². The first-order chi connectivity index (χ1) is 14.0. The number of nitrogens with zero attached hydrogens (tertiary/aromatic N) is 2. The third-order valence-corrected chi connectivity index (χ3v) is 5.25. The Morgan fingerprint density at radius 3 is 2.86 bits per heavy atom. The summed E-state index contributed by atoms with van der Waals surface area (Å²) in [6.45, 7) is 4.70. The predicted octanol–water partition coefficient (Wildman–Crippen LogP) is 2.89. The van der Waals surface area contributed by atoms with Crippen molar-refractivity contribution in [3.63, 3.8) is 0 Å². The maximum absolute atomic E-state index is 12.5. The predicted molar refractivity (Wildman–Crippen MR) is 111 cm³/mol. The Hall–Kier alpha value is -2.97. The molecule has 1 aliphatic heterocycles. The van der Waals surface area contributed by atoms with Gasteiger partial charge in [-0.25, -0.2) is 0 Å². The number of anilines is 1. The van der Waals surface area contributed by atoms with Gasteiger partial charge in [0.25, 0.3) is 5.69 Å². The number of rotatable bonds is 7. The molecule has 29 heavy (non-hydrogen) atoms. The third kappa shape index (κ3) is 4.90. The lowest BCUT2D eigenvalue weighted by Crippen LogP contribution is -2.46. The van der Waals surface area contributed by atoms with E-state index < -0.39 is 4.92 Å². The lowest BCUT2D eigenvalue weighted by Gasteiger charge is -2.37. The van der Waals surface area contributed by atoms with E-state index in [0.717, 1.165) is 30.9 Å². The van der Waals surface area contributed by atoms with Gasteiger partial charge >= 0.3 is 0 Å². The van der Waals surface area contributed by atoms with Crippen LogP contribution in [0.5, 0.6) is 5.75 Å². The number of nitro groups is 1. The number of piperazine rings is 1. The topological polar surface area (TPSA) is 96.7 Å². The molecule has 1 heterocycles. The van der Waals surface area contributed by atoms with Crippen LogP contribution in [-0.4, -0.2) is 49.0 Å². The van der Waals surface area contributed by atoms with Crippen molar-refractivity contribution in [2.75, 3.05) is 38.6 Å². The zero-order chi connectivity index (χ0) is 20.8. The summed E-state index contributed by atoms with van der Waals surface area (Å²) >= 11 is 0. The van der Waals surface area contributed by atoms with Gasteiger partial charge in [-0.15, -0.1) is 0 Å². The largest absolute Gasteiger partial charge is 0.496 e. The van der Waals surface area contributed by atoms with Gasteiger partial charge in [-0.3, -0.25) is 19.8 Å². The van der Waals surface area contributed by atoms with Gasteiger partial charge in [0.05, 0.1) is 29.3 Å². The molecule has 2 aromatic rings.